The molecule has 0 N–H and O–H groups in total. The van der Waals surface area contributed by atoms with Gasteiger partial charge >= 0.3 is 0 Å². The van der Waals surface area contributed by atoms with Crippen LogP contribution in [0, 0.1) is 0 Å². The van der Waals surface area contributed by atoms with Crippen molar-refractivity contribution in [3.63, 3.8) is 0 Å². The predicted octanol–water partition coefficient (Wildman–Crippen LogP) is 2.42. The highest BCUT2D eigenvalue weighted by Crippen LogP contribution is 2.05. The quantitative estimate of drug-likeness (QED) is 0.643. The first-order valence-electron chi connectivity index (χ1n) is 5.09. The number of alkyl halides is 1. The summed E-state index contributed by atoms with van der Waals surface area (Å²) in [7, 11) is 0. The van der Waals surface area contributed by atoms with Crippen LogP contribution in [0.4, 0.5) is 0 Å². The van der Waals surface area contributed by atoms with Gasteiger partial charge in [0.2, 0.25) is 0 Å². The van der Waals surface area contributed by atoms with Crippen molar-refractivity contribution < 1.29 is 4.79 Å². The molecule has 0 fully saturated rings. The van der Waals surface area contributed by atoms with Gasteiger partial charge in [-0.25, -0.2) is 0 Å². The summed E-state index contributed by atoms with van der Waals surface area (Å²) >= 11 is 3.08. The second-order valence-electron chi connectivity index (χ2n) is 3.52. The van der Waals surface area contributed by atoms with Gasteiger partial charge in [-0.05, 0) is 18.2 Å². The zero-order chi connectivity index (χ0) is 12.3. The van der Waals surface area contributed by atoms with Gasteiger partial charge < -0.3 is 0 Å². The van der Waals surface area contributed by atoms with E-state index in [1.165, 1.54) is 10.6 Å². The molecule has 0 aliphatic heterocycles. The van der Waals surface area contributed by atoms with Crippen LogP contribution in [-0.4, -0.2) is 15.7 Å². The van der Waals surface area contributed by atoms with Crippen molar-refractivity contribution in [1.29, 1.82) is 0 Å². The largest absolute Gasteiger partial charge is 0.293 e. The predicted molar refractivity (Wildman–Crippen MR) is 70.2 cm³/mol. The molecular formula is C13H10BrNO2. The van der Waals surface area contributed by atoms with Crippen LogP contribution in [0.3, 0.4) is 0 Å². The molecule has 0 spiro atoms. The van der Waals surface area contributed by atoms with Crippen molar-refractivity contribution in [3.05, 3.63) is 64.6 Å². The third-order valence-corrected chi connectivity index (χ3v) is 2.91. The fourth-order valence-corrected chi connectivity index (χ4v) is 1.86. The van der Waals surface area contributed by atoms with Crippen molar-refractivity contribution in [1.82, 2.24) is 4.57 Å². The number of pyridine rings is 1. The summed E-state index contributed by atoms with van der Waals surface area (Å²) in [6, 6.07) is 12.3. The van der Waals surface area contributed by atoms with E-state index >= 15 is 0 Å². The molecular weight excluding hydrogens is 282 g/mol. The lowest BCUT2D eigenvalue weighted by atomic mass is 10.2. The van der Waals surface area contributed by atoms with Gasteiger partial charge in [0.15, 0.2) is 5.78 Å². The lowest BCUT2D eigenvalue weighted by Gasteiger charge is -2.05. The first kappa shape index (κ1) is 11.8. The highest BCUT2D eigenvalue weighted by atomic mass is 79.9. The fourth-order valence-electron chi connectivity index (χ4n) is 1.53. The van der Waals surface area contributed by atoms with Crippen LogP contribution in [-0.2, 0) is 0 Å². The molecule has 1 aromatic carbocycles. The van der Waals surface area contributed by atoms with Crippen LogP contribution in [0.15, 0.2) is 53.5 Å². The molecule has 4 heteroatoms. The van der Waals surface area contributed by atoms with Crippen molar-refractivity contribution in [2.45, 2.75) is 0 Å². The number of ketones is 1. The van der Waals surface area contributed by atoms with E-state index in [1.807, 2.05) is 30.3 Å². The Kier molecular flexibility index (Phi) is 3.54. The lowest BCUT2D eigenvalue weighted by molar-refractivity contribution is 0.102. The Morgan fingerprint density at radius 3 is 2.47 bits per heavy atom. The molecule has 86 valence electrons. The molecule has 0 bridgehead atoms. The maximum atomic E-state index is 11.9. The summed E-state index contributed by atoms with van der Waals surface area (Å²) in [5, 5.41) is 0.224. The van der Waals surface area contributed by atoms with E-state index in [-0.39, 0.29) is 16.7 Å². The van der Waals surface area contributed by atoms with E-state index in [4.69, 9.17) is 0 Å². The summed E-state index contributed by atoms with van der Waals surface area (Å²) in [6.07, 6.45) is 1.62. The minimum Gasteiger partial charge on any atom is -0.293 e. The molecule has 0 aliphatic rings. The molecule has 2 rings (SSSR count). The second-order valence-corrected chi connectivity index (χ2v) is 4.08. The monoisotopic (exact) mass is 291 g/mol. The Hall–Kier alpha value is -1.68. The molecule has 17 heavy (non-hydrogen) atoms. The molecule has 0 saturated carbocycles. The highest BCUT2D eigenvalue weighted by Gasteiger charge is 2.06. The van der Waals surface area contributed by atoms with E-state index in [0.717, 1.165) is 5.69 Å². The molecule has 0 atom stereocenters. The summed E-state index contributed by atoms with van der Waals surface area (Å²) in [6.45, 7) is 0. The third-order valence-electron chi connectivity index (χ3n) is 2.40. The SMILES string of the molecule is O=C(CBr)c1ccn(-c2ccccc2)c(=O)c1. The van der Waals surface area contributed by atoms with Gasteiger partial charge in [0.25, 0.3) is 5.56 Å². The van der Waals surface area contributed by atoms with Crippen LogP contribution in [0.2, 0.25) is 0 Å². The van der Waals surface area contributed by atoms with E-state index in [0.29, 0.717) is 5.56 Å². The molecule has 1 heterocycles. The fraction of sp³-hybridized carbons (Fsp3) is 0.0769. The van der Waals surface area contributed by atoms with Crippen molar-refractivity contribution in [3.8, 4) is 5.69 Å². The first-order valence-corrected chi connectivity index (χ1v) is 6.22. The number of carbonyl (C=O) groups excluding carboxylic acids is 1. The maximum Gasteiger partial charge on any atom is 0.255 e. The number of para-hydroxylation sites is 1. The topological polar surface area (TPSA) is 39.1 Å². The van der Waals surface area contributed by atoms with Gasteiger partial charge in [0.05, 0.1) is 5.33 Å². The van der Waals surface area contributed by atoms with Crippen molar-refractivity contribution in [2.24, 2.45) is 0 Å². The molecule has 1 aromatic heterocycles. The second kappa shape index (κ2) is 5.10. The summed E-state index contributed by atoms with van der Waals surface area (Å²) in [5.41, 5.74) is 1.01. The highest BCUT2D eigenvalue weighted by molar-refractivity contribution is 9.09. The van der Waals surface area contributed by atoms with Crippen LogP contribution in [0.1, 0.15) is 10.4 Å². The van der Waals surface area contributed by atoms with E-state index < -0.39 is 0 Å². The number of Topliss-reactive ketones (excluding diaryl/α,β-unsaturated/α-hetero) is 1. The zero-order valence-corrected chi connectivity index (χ0v) is 10.6. The Labute approximate surface area is 107 Å². The Morgan fingerprint density at radius 2 is 1.88 bits per heavy atom. The minimum absolute atomic E-state index is 0.0951. The van der Waals surface area contributed by atoms with E-state index in [9.17, 15) is 9.59 Å². The molecule has 0 unspecified atom stereocenters. The van der Waals surface area contributed by atoms with Crippen molar-refractivity contribution >= 4 is 21.7 Å². The Morgan fingerprint density at radius 1 is 1.18 bits per heavy atom. The van der Waals surface area contributed by atoms with Gasteiger partial charge in [0, 0.05) is 23.5 Å². The number of nitrogens with zero attached hydrogens (tertiary/aromatic N) is 1. The van der Waals surface area contributed by atoms with Crippen molar-refractivity contribution in [2.75, 3.05) is 5.33 Å². The average molecular weight is 292 g/mol. The average Bonchev–Trinajstić information content (AvgIpc) is 2.38. The van der Waals surface area contributed by atoms with Crippen LogP contribution >= 0.6 is 15.9 Å². The molecule has 0 radical (unpaired) electrons. The normalized spacial score (nSPS) is 10.2. The lowest BCUT2D eigenvalue weighted by Crippen LogP contribution is -2.18. The minimum atomic E-state index is -0.206. The third kappa shape index (κ3) is 2.53. The van der Waals surface area contributed by atoms with Gasteiger partial charge in [-0.3, -0.25) is 14.2 Å². The molecule has 3 nitrogen and oxygen atoms in total. The Balaban J connectivity index is 2.46. The van der Waals surface area contributed by atoms with Crippen LogP contribution < -0.4 is 5.56 Å². The number of halogens is 1. The summed E-state index contributed by atoms with van der Waals surface area (Å²) in [5.74, 6) is -0.0951. The molecule has 0 aliphatic carbocycles. The smallest absolute Gasteiger partial charge is 0.255 e. The van der Waals surface area contributed by atoms with Crippen LogP contribution in [0.5, 0.6) is 0 Å². The van der Waals surface area contributed by atoms with Crippen LogP contribution in [0.25, 0.3) is 5.69 Å². The van der Waals surface area contributed by atoms with Gasteiger partial charge in [-0.15, -0.1) is 0 Å². The molecule has 0 amide bonds. The van der Waals surface area contributed by atoms with Gasteiger partial charge in [0.1, 0.15) is 0 Å². The number of aromatic nitrogens is 1. The number of hydrogen-bond acceptors (Lipinski definition) is 2. The summed E-state index contributed by atoms with van der Waals surface area (Å²) < 4.78 is 1.50. The molecule has 0 saturated heterocycles. The number of carbonyl (C=O) groups is 1. The number of benzene rings is 1. The Bertz CT molecular complexity index is 590. The number of rotatable bonds is 3. The standard InChI is InChI=1S/C13H10BrNO2/c14-9-12(16)10-6-7-15(13(17)8-10)11-4-2-1-3-5-11/h1-8H,9H2. The van der Waals surface area contributed by atoms with E-state index in [2.05, 4.69) is 15.9 Å². The van der Waals surface area contributed by atoms with E-state index in [1.54, 1.807) is 12.3 Å². The number of hydrogen-bond donors (Lipinski definition) is 0. The zero-order valence-electron chi connectivity index (χ0n) is 8.97. The molecule has 2 aromatic rings. The first-order chi connectivity index (χ1) is 8.22. The summed E-state index contributed by atoms with van der Waals surface area (Å²) in [4.78, 5) is 23.3. The van der Waals surface area contributed by atoms with Gasteiger partial charge in [-0.1, -0.05) is 34.1 Å². The maximum absolute atomic E-state index is 11.9. The van der Waals surface area contributed by atoms with Gasteiger partial charge in [-0.2, -0.15) is 0 Å².